The zero-order valence-electron chi connectivity index (χ0n) is 27.9. The van der Waals surface area contributed by atoms with Gasteiger partial charge in [0.15, 0.2) is 0 Å². The van der Waals surface area contributed by atoms with Crippen molar-refractivity contribution in [2.24, 2.45) is 0 Å². The van der Waals surface area contributed by atoms with Crippen LogP contribution in [0.5, 0.6) is 0 Å². The second-order valence-electron chi connectivity index (χ2n) is 12.2. The number of para-hydroxylation sites is 2. The average molecular weight is 673 g/mol. The number of aromatic amines is 1. The second kappa shape index (κ2) is 15.9. The molecule has 0 saturated carbocycles. The molecule has 0 bridgehead atoms. The summed E-state index contributed by atoms with van der Waals surface area (Å²) in [6.07, 6.45) is 2.71. The number of amides is 4. The highest BCUT2D eigenvalue weighted by atomic mass is 16.4. The molecule has 4 amide bonds. The van der Waals surface area contributed by atoms with Crippen molar-refractivity contribution in [2.45, 2.75) is 38.8 Å². The molecule has 1 aromatic heterocycles. The lowest BCUT2D eigenvalue weighted by atomic mass is 9.98. The number of aromatic nitrogens is 4. The van der Waals surface area contributed by atoms with E-state index in [0.717, 1.165) is 41.5 Å². The smallest absolute Gasteiger partial charge is 0.329 e. The molecule has 0 radical (unpaired) electrons. The fraction of sp³-hybridized carbons (Fsp3) is 0.263. The summed E-state index contributed by atoms with van der Waals surface area (Å²) >= 11 is 0. The van der Waals surface area contributed by atoms with Gasteiger partial charge in [0.05, 0.1) is 17.9 Å². The molecule has 1 saturated heterocycles. The summed E-state index contributed by atoms with van der Waals surface area (Å²) < 4.78 is 0. The third-order valence-corrected chi connectivity index (χ3v) is 8.86. The number of carboxylic acids is 1. The summed E-state index contributed by atoms with van der Waals surface area (Å²) in [5, 5.41) is 24.8. The quantitative estimate of drug-likeness (QED) is 0.149. The van der Waals surface area contributed by atoms with E-state index >= 15 is 0 Å². The number of tetrazole rings is 1. The molecule has 4 aromatic carbocycles. The average Bonchev–Trinajstić information content (AvgIpc) is 3.70. The summed E-state index contributed by atoms with van der Waals surface area (Å²) in [5.41, 5.74) is 5.01. The lowest BCUT2D eigenvalue weighted by Crippen LogP contribution is -2.62. The summed E-state index contributed by atoms with van der Waals surface area (Å²) in [6, 6.07) is 32.4. The van der Waals surface area contributed by atoms with Crippen LogP contribution in [-0.2, 0) is 11.3 Å². The molecule has 256 valence electrons. The first-order chi connectivity index (χ1) is 24.4. The molecule has 12 nitrogen and oxygen atoms in total. The molecule has 1 atom stereocenters. The zero-order chi connectivity index (χ0) is 34.9. The second-order valence-corrected chi connectivity index (χ2v) is 12.2. The van der Waals surface area contributed by atoms with E-state index < -0.39 is 12.0 Å². The number of H-pyrrole nitrogens is 1. The van der Waals surface area contributed by atoms with E-state index in [9.17, 15) is 19.5 Å². The summed E-state index contributed by atoms with van der Waals surface area (Å²) in [7, 11) is 0. The largest absolute Gasteiger partial charge is 0.480 e. The highest BCUT2D eigenvalue weighted by molar-refractivity contribution is 6.00. The van der Waals surface area contributed by atoms with Crippen molar-refractivity contribution in [3.8, 4) is 22.5 Å². The number of hydrogen-bond donors (Lipinski definition) is 2. The Morgan fingerprint density at radius 2 is 1.44 bits per heavy atom. The number of unbranched alkanes of at least 4 members (excludes halogenated alkanes) is 2. The van der Waals surface area contributed by atoms with Crippen molar-refractivity contribution >= 4 is 29.4 Å². The van der Waals surface area contributed by atoms with Crippen LogP contribution >= 0.6 is 0 Å². The normalized spacial score (nSPS) is 14.3. The SMILES string of the molecule is CCCCCN(Cc1ccc(-c2ccccc2-c2nn[nH]n2)cc1)C(=O)N1CCN(C(=O)N(c2ccccc2)c2ccccc2)CC1C(=O)O. The van der Waals surface area contributed by atoms with Crippen molar-refractivity contribution in [2.75, 3.05) is 31.1 Å². The topological polar surface area (TPSA) is 139 Å². The maximum absolute atomic E-state index is 14.2. The van der Waals surface area contributed by atoms with Gasteiger partial charge in [-0.25, -0.2) is 14.4 Å². The summed E-state index contributed by atoms with van der Waals surface area (Å²) in [5.74, 6) is -0.653. The fourth-order valence-electron chi connectivity index (χ4n) is 6.25. The van der Waals surface area contributed by atoms with Crippen molar-refractivity contribution < 1.29 is 19.5 Å². The van der Waals surface area contributed by atoms with Crippen LogP contribution in [0.1, 0.15) is 31.7 Å². The van der Waals surface area contributed by atoms with Crippen molar-refractivity contribution in [3.63, 3.8) is 0 Å². The summed E-state index contributed by atoms with van der Waals surface area (Å²) in [4.78, 5) is 47.2. The number of nitrogens with one attached hydrogen (secondary N) is 1. The molecule has 12 heteroatoms. The predicted molar refractivity (Wildman–Crippen MR) is 191 cm³/mol. The number of hydrogen-bond acceptors (Lipinski definition) is 6. The number of carbonyl (C=O) groups excluding carboxylic acids is 2. The van der Waals surface area contributed by atoms with Crippen LogP contribution in [-0.4, -0.2) is 90.7 Å². The molecule has 1 unspecified atom stereocenters. The molecule has 50 heavy (non-hydrogen) atoms. The first-order valence-corrected chi connectivity index (χ1v) is 16.8. The maximum atomic E-state index is 14.2. The molecule has 2 heterocycles. The minimum Gasteiger partial charge on any atom is -0.480 e. The number of nitrogens with zero attached hydrogens (tertiary/aromatic N) is 7. The van der Waals surface area contributed by atoms with E-state index in [-0.39, 0.29) is 31.7 Å². The fourth-order valence-corrected chi connectivity index (χ4v) is 6.25. The Bertz CT molecular complexity index is 1830. The molecular weight excluding hydrogens is 632 g/mol. The van der Waals surface area contributed by atoms with Crippen LogP contribution in [0.25, 0.3) is 22.5 Å². The van der Waals surface area contributed by atoms with E-state index in [4.69, 9.17) is 0 Å². The molecule has 1 fully saturated rings. The Hall–Kier alpha value is -6.04. The number of benzene rings is 4. The van der Waals surface area contributed by atoms with Gasteiger partial charge in [0, 0.05) is 31.7 Å². The van der Waals surface area contributed by atoms with Crippen LogP contribution in [0.3, 0.4) is 0 Å². The number of aliphatic carboxylic acids is 1. The minimum absolute atomic E-state index is 0.0923. The van der Waals surface area contributed by atoms with Gasteiger partial charge in [0.2, 0.25) is 5.82 Å². The monoisotopic (exact) mass is 672 g/mol. The van der Waals surface area contributed by atoms with Gasteiger partial charge in [0.25, 0.3) is 0 Å². The predicted octanol–water partition coefficient (Wildman–Crippen LogP) is 6.68. The van der Waals surface area contributed by atoms with Gasteiger partial charge in [-0.3, -0.25) is 4.90 Å². The Labute approximate surface area is 290 Å². The van der Waals surface area contributed by atoms with E-state index in [1.807, 2.05) is 109 Å². The molecule has 1 aliphatic rings. The maximum Gasteiger partial charge on any atom is 0.329 e. The number of piperazine rings is 1. The number of carbonyl (C=O) groups is 3. The lowest BCUT2D eigenvalue weighted by Gasteiger charge is -2.42. The standard InChI is InChI=1S/C38H40N8O4/c1-2-3-12-23-43(26-28-19-21-29(22-20-28)32-17-10-11-18-33(32)35-39-41-42-40-35)37(49)45-25-24-44(27-34(45)36(47)48)38(50)46(30-13-6-4-7-14-30)31-15-8-5-9-16-31/h4-11,13-22,34H,2-3,12,23-27H2,1H3,(H,47,48)(H,39,40,41,42). The highest BCUT2D eigenvalue weighted by Gasteiger charge is 2.40. The molecule has 5 aromatic rings. The van der Waals surface area contributed by atoms with Crippen molar-refractivity contribution in [1.82, 2.24) is 35.3 Å². The van der Waals surface area contributed by atoms with Gasteiger partial charge >= 0.3 is 18.0 Å². The van der Waals surface area contributed by atoms with Gasteiger partial charge in [-0.05, 0) is 52.6 Å². The third kappa shape index (κ3) is 7.64. The van der Waals surface area contributed by atoms with Gasteiger partial charge in [-0.15, -0.1) is 10.2 Å². The molecule has 6 rings (SSSR count). The lowest BCUT2D eigenvalue weighted by molar-refractivity contribution is -0.144. The number of carboxylic acid groups (broad SMARTS) is 1. The minimum atomic E-state index is -1.20. The molecule has 0 aliphatic carbocycles. The number of anilines is 2. The van der Waals surface area contributed by atoms with Gasteiger partial charge in [-0.2, -0.15) is 5.21 Å². The Morgan fingerprint density at radius 1 is 0.800 bits per heavy atom. The van der Waals surface area contributed by atoms with Crippen molar-refractivity contribution in [3.05, 3.63) is 115 Å². The molecule has 1 aliphatic heterocycles. The van der Waals surface area contributed by atoms with Crippen LogP contribution in [0, 0.1) is 0 Å². The summed E-state index contributed by atoms with van der Waals surface area (Å²) in [6.45, 7) is 3.05. The van der Waals surface area contributed by atoms with Gasteiger partial charge in [0.1, 0.15) is 6.04 Å². The first-order valence-electron chi connectivity index (χ1n) is 16.8. The molecular formula is C38H40N8O4. The van der Waals surface area contributed by atoms with Crippen LogP contribution in [0.4, 0.5) is 21.0 Å². The highest BCUT2D eigenvalue weighted by Crippen LogP contribution is 2.31. The number of rotatable bonds is 11. The van der Waals surface area contributed by atoms with Crippen LogP contribution in [0.15, 0.2) is 109 Å². The van der Waals surface area contributed by atoms with E-state index in [2.05, 4.69) is 27.5 Å². The van der Waals surface area contributed by atoms with Gasteiger partial charge < -0.3 is 19.8 Å². The number of urea groups is 2. The molecule has 2 N–H and O–H groups in total. The Kier molecular flexibility index (Phi) is 10.8. The van der Waals surface area contributed by atoms with Crippen LogP contribution < -0.4 is 4.90 Å². The van der Waals surface area contributed by atoms with Crippen molar-refractivity contribution in [1.29, 1.82) is 0 Å². The van der Waals surface area contributed by atoms with E-state index in [1.165, 1.54) is 9.80 Å². The Morgan fingerprint density at radius 3 is 2.04 bits per heavy atom. The van der Waals surface area contributed by atoms with Crippen LogP contribution in [0.2, 0.25) is 0 Å². The van der Waals surface area contributed by atoms with Gasteiger partial charge in [-0.1, -0.05) is 105 Å². The van der Waals surface area contributed by atoms with E-state index in [0.29, 0.717) is 30.3 Å². The Balaban J connectivity index is 1.20. The first kappa shape index (κ1) is 33.8. The third-order valence-electron chi connectivity index (χ3n) is 8.86. The zero-order valence-corrected chi connectivity index (χ0v) is 27.9. The molecule has 0 spiro atoms. The van der Waals surface area contributed by atoms with E-state index in [1.54, 1.807) is 9.80 Å².